The van der Waals surface area contributed by atoms with Crippen LogP contribution in [-0.4, -0.2) is 20.5 Å². The van der Waals surface area contributed by atoms with Crippen molar-refractivity contribution >= 4 is 11.5 Å². The largest absolute Gasteiger partial charge is 0.384 e. The van der Waals surface area contributed by atoms with Gasteiger partial charge in [0.15, 0.2) is 5.65 Å². The summed E-state index contributed by atoms with van der Waals surface area (Å²) in [7, 11) is 0. The highest BCUT2D eigenvalue weighted by atomic mass is 19.3. The minimum absolute atomic E-state index is 0.0582. The van der Waals surface area contributed by atoms with Crippen LogP contribution in [0, 0.1) is 0 Å². The average molecular weight is 252 g/mol. The first-order chi connectivity index (χ1) is 8.55. The van der Waals surface area contributed by atoms with Crippen molar-refractivity contribution in [2.75, 3.05) is 5.73 Å². The number of nitrogens with zero attached hydrogens (tertiary/aromatic N) is 3. The van der Waals surface area contributed by atoms with Crippen LogP contribution in [0.25, 0.3) is 5.65 Å². The van der Waals surface area contributed by atoms with E-state index in [4.69, 9.17) is 5.73 Å². The maximum absolute atomic E-state index is 13.1. The van der Waals surface area contributed by atoms with Gasteiger partial charge in [0, 0.05) is 24.6 Å². The Hall–Kier alpha value is -1.72. The SMILES string of the molecule is Nc1ccn2ncc(C3CCC(F)(F)CC3)c2n1. The Kier molecular flexibility index (Phi) is 2.46. The first-order valence-electron chi connectivity index (χ1n) is 6.03. The Morgan fingerprint density at radius 3 is 2.78 bits per heavy atom. The lowest BCUT2D eigenvalue weighted by Gasteiger charge is -2.27. The van der Waals surface area contributed by atoms with Crippen LogP contribution in [0.3, 0.4) is 0 Å². The third kappa shape index (κ3) is 1.91. The van der Waals surface area contributed by atoms with E-state index in [1.807, 2.05) is 0 Å². The summed E-state index contributed by atoms with van der Waals surface area (Å²) in [5.74, 6) is -1.98. The van der Waals surface area contributed by atoms with Crippen molar-refractivity contribution in [2.45, 2.75) is 37.5 Å². The molecule has 2 heterocycles. The minimum atomic E-state index is -2.51. The van der Waals surface area contributed by atoms with Crippen LogP contribution >= 0.6 is 0 Å². The first kappa shape index (κ1) is 11.4. The molecule has 0 bridgehead atoms. The molecule has 6 heteroatoms. The van der Waals surface area contributed by atoms with E-state index in [1.54, 1.807) is 23.0 Å². The molecule has 1 aliphatic carbocycles. The van der Waals surface area contributed by atoms with Crippen molar-refractivity contribution in [1.82, 2.24) is 14.6 Å². The highest BCUT2D eigenvalue weighted by molar-refractivity contribution is 5.52. The number of alkyl halides is 2. The molecule has 0 saturated heterocycles. The third-order valence-corrected chi connectivity index (χ3v) is 3.57. The quantitative estimate of drug-likeness (QED) is 0.848. The lowest BCUT2D eigenvalue weighted by Crippen LogP contribution is -2.23. The Morgan fingerprint density at radius 2 is 2.06 bits per heavy atom. The van der Waals surface area contributed by atoms with E-state index >= 15 is 0 Å². The van der Waals surface area contributed by atoms with Crippen LogP contribution < -0.4 is 5.73 Å². The van der Waals surface area contributed by atoms with Crippen molar-refractivity contribution in [3.05, 3.63) is 24.0 Å². The molecule has 0 aromatic carbocycles. The van der Waals surface area contributed by atoms with Gasteiger partial charge in [-0.1, -0.05) is 0 Å². The normalized spacial score (nSPS) is 20.3. The summed E-state index contributed by atoms with van der Waals surface area (Å²) in [6.07, 6.45) is 4.29. The zero-order chi connectivity index (χ0) is 12.8. The molecule has 2 N–H and O–H groups in total. The fourth-order valence-corrected chi connectivity index (χ4v) is 2.54. The van der Waals surface area contributed by atoms with E-state index in [-0.39, 0.29) is 18.8 Å². The molecule has 1 aliphatic rings. The molecule has 3 rings (SSSR count). The monoisotopic (exact) mass is 252 g/mol. The van der Waals surface area contributed by atoms with Crippen molar-refractivity contribution in [3.63, 3.8) is 0 Å². The Balaban J connectivity index is 1.93. The van der Waals surface area contributed by atoms with Crippen molar-refractivity contribution in [3.8, 4) is 0 Å². The van der Waals surface area contributed by atoms with Gasteiger partial charge in [0.05, 0.1) is 6.20 Å². The van der Waals surface area contributed by atoms with Gasteiger partial charge < -0.3 is 5.73 Å². The fourth-order valence-electron chi connectivity index (χ4n) is 2.54. The summed E-state index contributed by atoms with van der Waals surface area (Å²) < 4.78 is 27.9. The second-order valence-electron chi connectivity index (χ2n) is 4.85. The average Bonchev–Trinajstić information content (AvgIpc) is 2.72. The summed E-state index contributed by atoms with van der Waals surface area (Å²) in [6, 6.07) is 1.67. The van der Waals surface area contributed by atoms with E-state index in [0.29, 0.717) is 24.3 Å². The fraction of sp³-hybridized carbons (Fsp3) is 0.500. The minimum Gasteiger partial charge on any atom is -0.384 e. The van der Waals surface area contributed by atoms with Gasteiger partial charge in [0.25, 0.3) is 0 Å². The van der Waals surface area contributed by atoms with Gasteiger partial charge in [0.1, 0.15) is 5.82 Å². The molecular formula is C12H14F2N4. The lowest BCUT2D eigenvalue weighted by atomic mass is 9.83. The number of hydrogen-bond donors (Lipinski definition) is 1. The summed E-state index contributed by atoms with van der Waals surface area (Å²) in [6.45, 7) is 0. The summed E-state index contributed by atoms with van der Waals surface area (Å²) in [5.41, 5.74) is 7.27. The van der Waals surface area contributed by atoms with Crippen molar-refractivity contribution < 1.29 is 8.78 Å². The topological polar surface area (TPSA) is 56.2 Å². The molecule has 1 saturated carbocycles. The molecule has 0 unspecified atom stereocenters. The van der Waals surface area contributed by atoms with E-state index in [0.717, 1.165) is 5.56 Å². The first-order valence-corrected chi connectivity index (χ1v) is 6.03. The van der Waals surface area contributed by atoms with Crippen molar-refractivity contribution in [2.24, 2.45) is 0 Å². The van der Waals surface area contributed by atoms with Gasteiger partial charge >= 0.3 is 0 Å². The molecule has 0 radical (unpaired) electrons. The zero-order valence-corrected chi connectivity index (χ0v) is 9.81. The molecule has 0 atom stereocenters. The van der Waals surface area contributed by atoms with Gasteiger partial charge in [0.2, 0.25) is 5.92 Å². The Labute approximate surface area is 103 Å². The van der Waals surface area contributed by atoms with Gasteiger partial charge in [-0.3, -0.25) is 0 Å². The summed E-state index contributed by atoms with van der Waals surface area (Å²) in [5, 5.41) is 4.18. The number of hydrogen-bond acceptors (Lipinski definition) is 3. The predicted octanol–water partition coefficient (Wildman–Crippen LogP) is 2.60. The number of nitrogen functional groups attached to an aromatic ring is 1. The highest BCUT2D eigenvalue weighted by Crippen LogP contribution is 2.41. The van der Waals surface area contributed by atoms with Gasteiger partial charge in [-0.15, -0.1) is 0 Å². The molecular weight excluding hydrogens is 238 g/mol. The van der Waals surface area contributed by atoms with Crippen molar-refractivity contribution in [1.29, 1.82) is 0 Å². The molecule has 96 valence electrons. The molecule has 18 heavy (non-hydrogen) atoms. The smallest absolute Gasteiger partial charge is 0.248 e. The number of fused-ring (bicyclic) bond motifs is 1. The molecule has 1 fully saturated rings. The van der Waals surface area contributed by atoms with Crippen LogP contribution in [0.15, 0.2) is 18.5 Å². The van der Waals surface area contributed by atoms with E-state index < -0.39 is 5.92 Å². The number of rotatable bonds is 1. The number of aromatic nitrogens is 3. The maximum atomic E-state index is 13.1. The van der Waals surface area contributed by atoms with Crippen LogP contribution in [0.4, 0.5) is 14.6 Å². The number of nitrogens with two attached hydrogens (primary N) is 1. The van der Waals surface area contributed by atoms with Crippen LogP contribution in [0.1, 0.15) is 37.2 Å². The van der Waals surface area contributed by atoms with Gasteiger partial charge in [-0.25, -0.2) is 18.3 Å². The summed E-state index contributed by atoms with van der Waals surface area (Å²) in [4.78, 5) is 4.24. The predicted molar refractivity (Wildman–Crippen MR) is 63.6 cm³/mol. The third-order valence-electron chi connectivity index (χ3n) is 3.57. The molecule has 2 aromatic heterocycles. The Morgan fingerprint density at radius 1 is 1.33 bits per heavy atom. The van der Waals surface area contributed by atoms with E-state index in [2.05, 4.69) is 10.1 Å². The van der Waals surface area contributed by atoms with E-state index in [9.17, 15) is 8.78 Å². The maximum Gasteiger partial charge on any atom is 0.248 e. The molecule has 0 spiro atoms. The second-order valence-corrected chi connectivity index (χ2v) is 4.85. The van der Waals surface area contributed by atoms with Crippen LogP contribution in [0.2, 0.25) is 0 Å². The van der Waals surface area contributed by atoms with Crippen LogP contribution in [0.5, 0.6) is 0 Å². The number of halogens is 2. The molecule has 2 aromatic rings. The molecule has 0 aliphatic heterocycles. The second kappa shape index (κ2) is 3.90. The van der Waals surface area contributed by atoms with Gasteiger partial charge in [-0.2, -0.15) is 5.10 Å². The molecule has 4 nitrogen and oxygen atoms in total. The molecule has 0 amide bonds. The Bertz CT molecular complexity index is 568. The highest BCUT2D eigenvalue weighted by Gasteiger charge is 2.36. The lowest BCUT2D eigenvalue weighted by molar-refractivity contribution is -0.0381. The van der Waals surface area contributed by atoms with E-state index in [1.165, 1.54) is 0 Å². The van der Waals surface area contributed by atoms with Gasteiger partial charge in [-0.05, 0) is 24.8 Å². The summed E-state index contributed by atoms with van der Waals surface area (Å²) >= 11 is 0. The zero-order valence-electron chi connectivity index (χ0n) is 9.81. The van der Waals surface area contributed by atoms with Crippen LogP contribution in [-0.2, 0) is 0 Å². The standard InChI is InChI=1S/C12H14F2N4/c13-12(14)4-1-8(2-5-12)9-7-16-18-6-3-10(15)17-11(9)18/h3,6-8H,1-2,4-5H2,(H2,15,17). The number of anilines is 1.